The van der Waals surface area contributed by atoms with E-state index in [-0.39, 0.29) is 0 Å². The molecule has 1 aliphatic rings. The molecule has 3 rings (SSSR count). The summed E-state index contributed by atoms with van der Waals surface area (Å²) >= 11 is 0. The molecule has 0 aromatic heterocycles. The van der Waals surface area contributed by atoms with E-state index in [0.29, 0.717) is 0 Å². The van der Waals surface area contributed by atoms with Crippen molar-refractivity contribution in [1.82, 2.24) is 4.90 Å². The summed E-state index contributed by atoms with van der Waals surface area (Å²) in [6.07, 6.45) is 0.922. The lowest BCUT2D eigenvalue weighted by Crippen LogP contribution is -2.35. The Labute approximate surface area is 131 Å². The van der Waals surface area contributed by atoms with Crippen LogP contribution in [-0.4, -0.2) is 37.5 Å². The number of aryl methyl sites for hydroxylation is 1. The molecule has 0 atom stereocenters. The third kappa shape index (κ3) is 3.43. The van der Waals surface area contributed by atoms with Crippen LogP contribution >= 0.6 is 0 Å². The number of ether oxygens (including phenoxy) is 1. The Morgan fingerprint density at radius 1 is 1.05 bits per heavy atom. The monoisotopic (exact) mass is 295 g/mol. The average Bonchev–Trinajstić information content (AvgIpc) is 2.57. The van der Waals surface area contributed by atoms with E-state index in [1.165, 1.54) is 5.56 Å². The first-order valence-electron chi connectivity index (χ1n) is 7.71. The fourth-order valence-electron chi connectivity index (χ4n) is 2.77. The van der Waals surface area contributed by atoms with Crippen LogP contribution in [0, 0.1) is 6.92 Å². The van der Waals surface area contributed by atoms with Crippen molar-refractivity contribution in [3.05, 3.63) is 59.2 Å². The summed E-state index contributed by atoms with van der Waals surface area (Å²) in [5.74, 6) is 0. The summed E-state index contributed by atoms with van der Waals surface area (Å²) in [6.45, 7) is 6.59. The van der Waals surface area contributed by atoms with Crippen LogP contribution in [0.1, 0.15) is 21.5 Å². The van der Waals surface area contributed by atoms with Crippen LogP contribution in [0.15, 0.2) is 42.5 Å². The number of nitrogens with zero attached hydrogens (tertiary/aromatic N) is 1. The van der Waals surface area contributed by atoms with Crippen molar-refractivity contribution in [2.45, 2.75) is 13.5 Å². The minimum absolute atomic E-state index is 0.759. The number of hydrogen-bond acceptors (Lipinski definition) is 3. The number of rotatable bonds is 4. The largest absolute Gasteiger partial charge is 0.379 e. The van der Waals surface area contributed by atoms with Crippen molar-refractivity contribution < 1.29 is 9.53 Å². The topological polar surface area (TPSA) is 29.5 Å². The van der Waals surface area contributed by atoms with Gasteiger partial charge < -0.3 is 4.74 Å². The zero-order valence-electron chi connectivity index (χ0n) is 12.9. The highest BCUT2D eigenvalue weighted by Gasteiger charge is 2.10. The van der Waals surface area contributed by atoms with Gasteiger partial charge in [0.1, 0.15) is 6.29 Å². The van der Waals surface area contributed by atoms with Gasteiger partial charge in [-0.2, -0.15) is 0 Å². The molecule has 3 nitrogen and oxygen atoms in total. The van der Waals surface area contributed by atoms with E-state index in [9.17, 15) is 4.79 Å². The number of hydrogen-bond donors (Lipinski definition) is 0. The standard InChI is InChI=1S/C19H21NO2/c1-15-2-5-18(12-19(15)14-21)17-6-3-16(4-7-17)13-20-8-10-22-11-9-20/h2-7,12,14H,8-11,13H2,1H3. The zero-order chi connectivity index (χ0) is 15.4. The average molecular weight is 295 g/mol. The fourth-order valence-corrected chi connectivity index (χ4v) is 2.77. The summed E-state index contributed by atoms with van der Waals surface area (Å²) in [6, 6.07) is 14.6. The van der Waals surface area contributed by atoms with E-state index in [0.717, 1.165) is 61.4 Å². The highest BCUT2D eigenvalue weighted by molar-refractivity contribution is 5.81. The molecule has 22 heavy (non-hydrogen) atoms. The van der Waals surface area contributed by atoms with Gasteiger partial charge in [0.25, 0.3) is 0 Å². The molecule has 114 valence electrons. The smallest absolute Gasteiger partial charge is 0.150 e. The van der Waals surface area contributed by atoms with E-state index in [1.54, 1.807) is 0 Å². The molecule has 0 unspecified atom stereocenters. The van der Waals surface area contributed by atoms with E-state index in [1.807, 2.05) is 19.1 Å². The lowest BCUT2D eigenvalue weighted by atomic mass is 9.99. The van der Waals surface area contributed by atoms with Crippen LogP contribution < -0.4 is 0 Å². The van der Waals surface area contributed by atoms with Crippen LogP contribution in [0.5, 0.6) is 0 Å². The second-order valence-corrected chi connectivity index (χ2v) is 5.77. The number of carbonyl (C=O) groups excluding carboxylic acids is 1. The van der Waals surface area contributed by atoms with Crippen LogP contribution in [0.3, 0.4) is 0 Å². The fraction of sp³-hybridized carbons (Fsp3) is 0.316. The lowest BCUT2D eigenvalue weighted by molar-refractivity contribution is 0.0342. The summed E-state index contributed by atoms with van der Waals surface area (Å²) < 4.78 is 5.38. The molecule has 0 aliphatic carbocycles. The van der Waals surface area contributed by atoms with Gasteiger partial charge in [-0.15, -0.1) is 0 Å². The minimum atomic E-state index is 0.759. The van der Waals surface area contributed by atoms with Gasteiger partial charge in [-0.25, -0.2) is 0 Å². The van der Waals surface area contributed by atoms with Crippen LogP contribution in [-0.2, 0) is 11.3 Å². The first-order valence-corrected chi connectivity index (χ1v) is 7.71. The van der Waals surface area contributed by atoms with Crippen molar-refractivity contribution in [1.29, 1.82) is 0 Å². The predicted molar refractivity (Wildman–Crippen MR) is 88.1 cm³/mol. The Hall–Kier alpha value is -1.97. The molecule has 2 aromatic rings. The molecule has 3 heteroatoms. The highest BCUT2D eigenvalue weighted by Crippen LogP contribution is 2.22. The van der Waals surface area contributed by atoms with Gasteiger partial charge in [0.05, 0.1) is 13.2 Å². The summed E-state index contributed by atoms with van der Waals surface area (Å²) in [7, 11) is 0. The number of morpholine rings is 1. The van der Waals surface area contributed by atoms with E-state index >= 15 is 0 Å². The van der Waals surface area contributed by atoms with Crippen molar-refractivity contribution in [3.8, 4) is 11.1 Å². The summed E-state index contributed by atoms with van der Waals surface area (Å²) in [5.41, 5.74) is 5.32. The second kappa shape index (κ2) is 6.86. The summed E-state index contributed by atoms with van der Waals surface area (Å²) in [4.78, 5) is 13.5. The van der Waals surface area contributed by atoms with Gasteiger partial charge in [0.2, 0.25) is 0 Å². The Morgan fingerprint density at radius 2 is 1.73 bits per heavy atom. The Bertz CT molecular complexity index is 643. The SMILES string of the molecule is Cc1ccc(-c2ccc(CN3CCOCC3)cc2)cc1C=O. The highest BCUT2D eigenvalue weighted by atomic mass is 16.5. The normalized spacial score (nSPS) is 15.7. The van der Waals surface area contributed by atoms with Gasteiger partial charge >= 0.3 is 0 Å². The number of benzene rings is 2. The molecule has 0 spiro atoms. The number of aldehydes is 1. The van der Waals surface area contributed by atoms with Crippen molar-refractivity contribution in [2.24, 2.45) is 0 Å². The number of carbonyl (C=O) groups is 1. The van der Waals surface area contributed by atoms with Gasteiger partial charge in [0, 0.05) is 25.2 Å². The molecule has 0 bridgehead atoms. The maximum absolute atomic E-state index is 11.1. The Morgan fingerprint density at radius 3 is 2.41 bits per heavy atom. The quantitative estimate of drug-likeness (QED) is 0.811. The lowest BCUT2D eigenvalue weighted by Gasteiger charge is -2.26. The third-order valence-electron chi connectivity index (χ3n) is 4.20. The second-order valence-electron chi connectivity index (χ2n) is 5.77. The van der Waals surface area contributed by atoms with Crippen molar-refractivity contribution in [3.63, 3.8) is 0 Å². The Balaban J connectivity index is 1.74. The molecule has 1 fully saturated rings. The first kappa shape index (κ1) is 14.9. The van der Waals surface area contributed by atoms with Gasteiger partial charge in [-0.1, -0.05) is 36.4 Å². The molecule has 0 amide bonds. The molecule has 0 N–H and O–H groups in total. The molecule has 0 saturated carbocycles. The first-order chi connectivity index (χ1) is 10.8. The molecule has 1 saturated heterocycles. The molecule has 1 aliphatic heterocycles. The predicted octanol–water partition coefficient (Wildman–Crippen LogP) is 3.31. The molecule has 1 heterocycles. The van der Waals surface area contributed by atoms with E-state index < -0.39 is 0 Å². The summed E-state index contributed by atoms with van der Waals surface area (Å²) in [5, 5.41) is 0. The maximum atomic E-state index is 11.1. The van der Waals surface area contributed by atoms with Crippen LogP contribution in [0.4, 0.5) is 0 Å². The third-order valence-corrected chi connectivity index (χ3v) is 4.20. The minimum Gasteiger partial charge on any atom is -0.379 e. The molecular formula is C19H21NO2. The van der Waals surface area contributed by atoms with Crippen LogP contribution in [0.2, 0.25) is 0 Å². The van der Waals surface area contributed by atoms with Gasteiger partial charge in [-0.05, 0) is 35.2 Å². The van der Waals surface area contributed by atoms with Crippen molar-refractivity contribution >= 4 is 6.29 Å². The Kier molecular flexibility index (Phi) is 4.66. The van der Waals surface area contributed by atoms with Crippen LogP contribution in [0.25, 0.3) is 11.1 Å². The molecule has 0 radical (unpaired) electrons. The zero-order valence-corrected chi connectivity index (χ0v) is 12.9. The molecular weight excluding hydrogens is 274 g/mol. The molecule has 2 aromatic carbocycles. The van der Waals surface area contributed by atoms with Gasteiger partial charge in [-0.3, -0.25) is 9.69 Å². The van der Waals surface area contributed by atoms with Crippen molar-refractivity contribution in [2.75, 3.05) is 26.3 Å². The maximum Gasteiger partial charge on any atom is 0.150 e. The van der Waals surface area contributed by atoms with Gasteiger partial charge in [0.15, 0.2) is 0 Å². The van der Waals surface area contributed by atoms with E-state index in [2.05, 4.69) is 35.2 Å². The van der Waals surface area contributed by atoms with E-state index in [4.69, 9.17) is 4.74 Å².